The standard InChI is InChI=1S/C18H20N2O2.2C18H18N2O/c1-13-11-14-7-8-15(18(19)21)12-17(14)20(9-10-22-13)16-5-3-2-4-6-16;1-14-11-16-12-15(13-19)7-8-18(16)20(9-10-21-14)17-5-3-2-4-6-17;1-14-11-16-8-7-15(13-19)12-18(16)20(9-10-21-14)17-5-3-2-4-6-17/h2-8,12-13H,9-11H2,1H3,(H2,19,21);2*2-8,12,14H,9-11H2,1H3. The van der Waals surface area contributed by atoms with Gasteiger partial charge in [0.15, 0.2) is 0 Å². The van der Waals surface area contributed by atoms with E-state index in [1.54, 1.807) is 6.07 Å². The highest BCUT2D eigenvalue weighted by Crippen LogP contribution is 2.34. The number of primary amides is 1. The summed E-state index contributed by atoms with van der Waals surface area (Å²) in [5.41, 5.74) is 17.7. The van der Waals surface area contributed by atoms with Crippen molar-refractivity contribution in [3.63, 3.8) is 0 Å². The number of ether oxygens (including phenoxy) is 3. The summed E-state index contributed by atoms with van der Waals surface area (Å²) in [4.78, 5) is 18.2. The Labute approximate surface area is 377 Å². The molecule has 1 amide bonds. The Balaban J connectivity index is 0.000000144. The van der Waals surface area contributed by atoms with Crippen molar-refractivity contribution in [2.45, 2.75) is 58.3 Å². The van der Waals surface area contributed by atoms with Gasteiger partial charge in [0.2, 0.25) is 5.91 Å². The Hall–Kier alpha value is -6.95. The number of para-hydroxylation sites is 3. The molecule has 3 aliphatic heterocycles. The van der Waals surface area contributed by atoms with Gasteiger partial charge in [0.1, 0.15) is 0 Å². The fourth-order valence-electron chi connectivity index (χ4n) is 8.41. The van der Waals surface area contributed by atoms with Gasteiger partial charge in [-0.2, -0.15) is 10.5 Å². The normalized spacial score (nSPS) is 18.3. The molecule has 6 aromatic carbocycles. The summed E-state index contributed by atoms with van der Waals surface area (Å²) in [5, 5.41) is 18.3. The minimum Gasteiger partial charge on any atom is -0.376 e. The molecule has 3 unspecified atom stereocenters. The number of hydrogen-bond acceptors (Lipinski definition) is 9. The summed E-state index contributed by atoms with van der Waals surface area (Å²) in [6.07, 6.45) is 3.05. The lowest BCUT2D eigenvalue weighted by Crippen LogP contribution is -2.29. The van der Waals surface area contributed by atoms with Crippen LogP contribution in [0.15, 0.2) is 146 Å². The Morgan fingerprint density at radius 3 is 1.34 bits per heavy atom. The Morgan fingerprint density at radius 2 is 0.891 bits per heavy atom. The fraction of sp³-hybridized carbons (Fsp3) is 0.278. The smallest absolute Gasteiger partial charge is 0.248 e. The lowest BCUT2D eigenvalue weighted by molar-refractivity contribution is 0.0701. The monoisotopic (exact) mass is 852 g/mol. The molecular formula is C54H56N6O4. The highest BCUT2D eigenvalue weighted by Gasteiger charge is 2.22. The van der Waals surface area contributed by atoms with Crippen molar-refractivity contribution in [3.05, 3.63) is 179 Å². The predicted octanol–water partition coefficient (Wildman–Crippen LogP) is 10.2. The van der Waals surface area contributed by atoms with Crippen molar-refractivity contribution in [1.82, 2.24) is 0 Å². The van der Waals surface area contributed by atoms with E-state index in [4.69, 9.17) is 25.2 Å². The van der Waals surface area contributed by atoms with Crippen LogP contribution in [0.3, 0.4) is 0 Å². The van der Waals surface area contributed by atoms with Gasteiger partial charge in [0, 0.05) is 78.6 Å². The van der Waals surface area contributed by atoms with Crippen LogP contribution >= 0.6 is 0 Å². The van der Waals surface area contributed by atoms with Crippen molar-refractivity contribution in [1.29, 1.82) is 10.5 Å². The number of benzene rings is 6. The number of nitrogens with zero attached hydrogens (tertiary/aromatic N) is 5. The average Bonchev–Trinajstić information content (AvgIpc) is 3.30. The third-order valence-corrected chi connectivity index (χ3v) is 11.5. The van der Waals surface area contributed by atoms with E-state index in [-0.39, 0.29) is 18.3 Å². The van der Waals surface area contributed by atoms with Crippen LogP contribution < -0.4 is 20.4 Å². The molecule has 2 N–H and O–H groups in total. The number of carbonyl (C=O) groups excluding carboxylic acids is 1. The van der Waals surface area contributed by atoms with E-state index in [1.165, 1.54) is 22.4 Å². The molecule has 0 saturated heterocycles. The number of rotatable bonds is 4. The van der Waals surface area contributed by atoms with Gasteiger partial charge in [0.25, 0.3) is 0 Å². The molecule has 64 heavy (non-hydrogen) atoms. The lowest BCUT2D eigenvalue weighted by atomic mass is 10.0. The van der Waals surface area contributed by atoms with E-state index < -0.39 is 5.91 Å². The number of nitriles is 2. The van der Waals surface area contributed by atoms with Crippen LogP contribution in [0.5, 0.6) is 0 Å². The molecule has 0 fully saturated rings. The van der Waals surface area contributed by atoms with Crippen LogP contribution in [0.4, 0.5) is 34.1 Å². The molecule has 3 heterocycles. The zero-order valence-electron chi connectivity index (χ0n) is 36.9. The Bertz CT molecular complexity index is 2560. The first-order chi connectivity index (χ1) is 31.2. The van der Waals surface area contributed by atoms with Crippen LogP contribution in [-0.4, -0.2) is 63.7 Å². The molecule has 0 aliphatic carbocycles. The number of hydrogen-bond donors (Lipinski definition) is 1. The predicted molar refractivity (Wildman–Crippen MR) is 255 cm³/mol. The molecule has 0 saturated carbocycles. The van der Waals surface area contributed by atoms with Gasteiger partial charge in [-0.15, -0.1) is 0 Å². The quantitative estimate of drug-likeness (QED) is 0.184. The van der Waals surface area contributed by atoms with Crippen molar-refractivity contribution in [3.8, 4) is 12.1 Å². The lowest BCUT2D eigenvalue weighted by Gasteiger charge is -2.31. The zero-order chi connectivity index (χ0) is 44.8. The molecule has 10 heteroatoms. The summed E-state index contributed by atoms with van der Waals surface area (Å²) >= 11 is 0. The van der Waals surface area contributed by atoms with Gasteiger partial charge in [0.05, 0.1) is 61.4 Å². The first kappa shape index (κ1) is 45.1. The van der Waals surface area contributed by atoms with Crippen LogP contribution in [0, 0.1) is 22.7 Å². The average molecular weight is 853 g/mol. The molecule has 10 nitrogen and oxygen atoms in total. The summed E-state index contributed by atoms with van der Waals surface area (Å²) in [6, 6.07) is 52.7. The molecule has 0 bridgehead atoms. The Morgan fingerprint density at radius 1 is 0.500 bits per heavy atom. The van der Waals surface area contributed by atoms with Crippen LogP contribution in [0.2, 0.25) is 0 Å². The van der Waals surface area contributed by atoms with E-state index >= 15 is 0 Å². The van der Waals surface area contributed by atoms with Crippen molar-refractivity contribution in [2.24, 2.45) is 5.73 Å². The third-order valence-electron chi connectivity index (χ3n) is 11.5. The second-order valence-electron chi connectivity index (χ2n) is 16.2. The third kappa shape index (κ3) is 11.5. The fourth-order valence-corrected chi connectivity index (χ4v) is 8.41. The summed E-state index contributed by atoms with van der Waals surface area (Å²) < 4.78 is 17.5. The maximum absolute atomic E-state index is 11.5. The van der Waals surface area contributed by atoms with Gasteiger partial charge in [-0.05, 0) is 116 Å². The molecule has 0 spiro atoms. The molecule has 0 aromatic heterocycles. The minimum absolute atomic E-state index is 0.163. The maximum atomic E-state index is 11.5. The van der Waals surface area contributed by atoms with E-state index in [0.717, 1.165) is 67.3 Å². The first-order valence-electron chi connectivity index (χ1n) is 22.0. The van der Waals surface area contributed by atoms with Crippen LogP contribution in [0.1, 0.15) is 58.9 Å². The van der Waals surface area contributed by atoms with Gasteiger partial charge < -0.3 is 34.6 Å². The number of fused-ring (bicyclic) bond motifs is 3. The second-order valence-corrected chi connectivity index (χ2v) is 16.2. The summed E-state index contributed by atoms with van der Waals surface area (Å²) in [7, 11) is 0. The van der Waals surface area contributed by atoms with Crippen LogP contribution in [0.25, 0.3) is 0 Å². The van der Waals surface area contributed by atoms with E-state index in [1.807, 2.05) is 91.0 Å². The summed E-state index contributed by atoms with van der Waals surface area (Å²) in [6.45, 7) is 10.6. The van der Waals surface area contributed by atoms with Gasteiger partial charge in [-0.3, -0.25) is 4.79 Å². The molecule has 9 rings (SSSR count). The van der Waals surface area contributed by atoms with Crippen LogP contribution in [-0.2, 0) is 33.5 Å². The van der Waals surface area contributed by atoms with Gasteiger partial charge in [-0.25, -0.2) is 0 Å². The maximum Gasteiger partial charge on any atom is 0.248 e. The zero-order valence-corrected chi connectivity index (χ0v) is 36.9. The van der Waals surface area contributed by atoms with Gasteiger partial charge >= 0.3 is 0 Å². The van der Waals surface area contributed by atoms with Gasteiger partial charge in [-0.1, -0.05) is 66.7 Å². The van der Waals surface area contributed by atoms with Crippen molar-refractivity contribution >= 4 is 40.0 Å². The SMILES string of the molecule is CC1Cc2cc(C#N)ccc2N(c2ccccc2)CCO1.CC1Cc2ccc(C#N)cc2N(c2ccccc2)CCO1.CC1Cc2ccc(C(N)=O)cc2N(c2ccccc2)CCO1. The van der Waals surface area contributed by atoms with Crippen molar-refractivity contribution < 1.29 is 19.0 Å². The van der Waals surface area contributed by atoms with E-state index in [2.05, 4.69) is 96.1 Å². The molecule has 326 valence electrons. The summed E-state index contributed by atoms with van der Waals surface area (Å²) in [5.74, 6) is -0.401. The molecule has 6 aromatic rings. The first-order valence-corrected chi connectivity index (χ1v) is 22.0. The van der Waals surface area contributed by atoms with E-state index in [0.29, 0.717) is 36.5 Å². The second kappa shape index (κ2) is 21.9. The topological polar surface area (TPSA) is 128 Å². The number of amides is 1. The molecule has 3 aliphatic rings. The van der Waals surface area contributed by atoms with Crippen molar-refractivity contribution in [2.75, 3.05) is 54.2 Å². The largest absolute Gasteiger partial charge is 0.376 e. The number of nitrogens with two attached hydrogens (primary N) is 1. The molecule has 3 atom stereocenters. The molecule has 0 radical (unpaired) electrons. The Kier molecular flexibility index (Phi) is 15.4. The number of carbonyl (C=O) groups is 1. The number of anilines is 6. The highest BCUT2D eigenvalue weighted by molar-refractivity contribution is 5.94. The molecular weight excluding hydrogens is 797 g/mol. The highest BCUT2D eigenvalue weighted by atomic mass is 16.5. The minimum atomic E-state index is -0.401. The van der Waals surface area contributed by atoms with E-state index in [9.17, 15) is 10.1 Å².